The first-order valence-electron chi connectivity index (χ1n) is 6.99. The Morgan fingerprint density at radius 3 is 2.35 bits per heavy atom. The van der Waals surface area contributed by atoms with Crippen LogP contribution in [0, 0.1) is 0 Å². The van der Waals surface area contributed by atoms with Gasteiger partial charge in [-0.1, -0.05) is 0 Å². The number of hydrogen-bond acceptors (Lipinski definition) is 6. The molecule has 1 aromatic carbocycles. The summed E-state index contributed by atoms with van der Waals surface area (Å²) in [4.78, 5) is 6.42. The minimum atomic E-state index is -5.84. The van der Waals surface area contributed by atoms with Crippen molar-refractivity contribution in [2.75, 3.05) is 26.2 Å². The van der Waals surface area contributed by atoms with Crippen LogP contribution in [0.4, 0.5) is 18.9 Å². The van der Waals surface area contributed by atoms with E-state index in [-0.39, 0.29) is 0 Å². The van der Waals surface area contributed by atoms with Crippen LogP contribution in [0.3, 0.4) is 0 Å². The molecule has 3 rings (SSSR count). The zero-order chi connectivity index (χ0) is 19.7. The molecule has 0 atom stereocenters. The number of ether oxygens (including phenoxy) is 2. The molecule has 0 spiro atoms. The average molecular weight is 392 g/mol. The second-order valence-electron chi connectivity index (χ2n) is 5.10. The van der Waals surface area contributed by atoms with Crippen LogP contribution in [0.1, 0.15) is 5.69 Å². The average Bonchev–Trinajstić information content (AvgIpc) is 2.56. The molecule has 1 N–H and O–H groups in total. The topological polar surface area (TPSA) is 89.0 Å². The monoisotopic (exact) mass is 392 g/mol. The molecule has 0 amide bonds. The van der Waals surface area contributed by atoms with Gasteiger partial charge < -0.3 is 14.4 Å². The number of rotatable bonds is 2. The van der Waals surface area contributed by atoms with E-state index in [1.165, 1.54) is 0 Å². The molecular formula is C15H15F3N2O5S. The van der Waals surface area contributed by atoms with Gasteiger partial charge in [-0.3, -0.25) is 9.54 Å². The van der Waals surface area contributed by atoms with Gasteiger partial charge in [-0.15, -0.1) is 0 Å². The number of pyridine rings is 1. The highest BCUT2D eigenvalue weighted by Gasteiger charge is 2.44. The van der Waals surface area contributed by atoms with Crippen LogP contribution in [0.25, 0.3) is 16.8 Å². The summed E-state index contributed by atoms with van der Waals surface area (Å²) in [6, 6.07) is 3.97. The lowest BCUT2D eigenvalue weighted by atomic mass is 10.0. The maximum absolute atomic E-state index is 10.7. The van der Waals surface area contributed by atoms with Crippen molar-refractivity contribution in [3.63, 3.8) is 0 Å². The third kappa shape index (κ3) is 3.68. The van der Waals surface area contributed by atoms with Gasteiger partial charge >= 0.3 is 15.6 Å². The number of methoxy groups -OCH3 is 2. The Hall–Kier alpha value is -2.53. The molecule has 26 heavy (non-hydrogen) atoms. The SMILES string of the molecule is COc1cc2ccnc3c2c(c1OC)N(C)C=C3.O=S(=O)(O)C(F)(F)F. The number of halogens is 3. The second kappa shape index (κ2) is 7.00. The Morgan fingerprint density at radius 2 is 1.85 bits per heavy atom. The molecule has 0 saturated heterocycles. The van der Waals surface area contributed by atoms with Gasteiger partial charge in [0.15, 0.2) is 11.5 Å². The van der Waals surface area contributed by atoms with Crippen LogP contribution < -0.4 is 14.4 Å². The number of alkyl halides is 3. The molecule has 0 fully saturated rings. The van der Waals surface area contributed by atoms with Crippen LogP contribution in [0.2, 0.25) is 0 Å². The normalized spacial score (nSPS) is 13.3. The van der Waals surface area contributed by atoms with Crippen molar-refractivity contribution in [3.8, 4) is 11.5 Å². The predicted molar refractivity (Wildman–Crippen MR) is 89.9 cm³/mol. The summed E-state index contributed by atoms with van der Waals surface area (Å²) >= 11 is 0. The number of benzene rings is 1. The van der Waals surface area contributed by atoms with Crippen molar-refractivity contribution in [1.82, 2.24) is 4.98 Å². The first-order valence-corrected chi connectivity index (χ1v) is 8.43. The molecule has 142 valence electrons. The highest BCUT2D eigenvalue weighted by atomic mass is 32.2. The Kier molecular flexibility index (Phi) is 5.33. The van der Waals surface area contributed by atoms with Crippen LogP contribution in [0.5, 0.6) is 11.5 Å². The molecule has 0 radical (unpaired) electrons. The van der Waals surface area contributed by atoms with Crippen LogP contribution >= 0.6 is 0 Å². The number of anilines is 1. The molecule has 2 aromatic rings. The highest BCUT2D eigenvalue weighted by molar-refractivity contribution is 7.86. The number of hydrogen-bond donors (Lipinski definition) is 1. The number of nitrogens with zero attached hydrogens (tertiary/aromatic N) is 2. The van der Waals surface area contributed by atoms with E-state index >= 15 is 0 Å². The highest BCUT2D eigenvalue weighted by Crippen LogP contribution is 2.46. The summed E-state index contributed by atoms with van der Waals surface area (Å²) in [5.41, 5.74) is -3.58. The molecule has 1 aromatic heterocycles. The predicted octanol–water partition coefficient (Wildman–Crippen LogP) is 3.07. The molecular weight excluding hydrogens is 377 g/mol. The lowest BCUT2D eigenvalue weighted by molar-refractivity contribution is -0.0510. The van der Waals surface area contributed by atoms with E-state index in [1.807, 2.05) is 42.6 Å². The van der Waals surface area contributed by atoms with E-state index in [2.05, 4.69) is 4.98 Å². The molecule has 0 saturated carbocycles. The van der Waals surface area contributed by atoms with Crippen LogP contribution in [0.15, 0.2) is 24.5 Å². The fraction of sp³-hybridized carbons (Fsp3) is 0.267. The van der Waals surface area contributed by atoms with Gasteiger partial charge in [-0.2, -0.15) is 21.6 Å². The van der Waals surface area contributed by atoms with Gasteiger partial charge in [0.1, 0.15) is 0 Å². The largest absolute Gasteiger partial charge is 0.522 e. The molecule has 2 heterocycles. The Morgan fingerprint density at radius 1 is 1.23 bits per heavy atom. The van der Waals surface area contributed by atoms with E-state index in [4.69, 9.17) is 22.4 Å². The first-order chi connectivity index (χ1) is 12.0. The number of aromatic nitrogens is 1. The summed E-state index contributed by atoms with van der Waals surface area (Å²) in [6.45, 7) is 0. The van der Waals surface area contributed by atoms with E-state index in [9.17, 15) is 13.2 Å². The minimum Gasteiger partial charge on any atom is -0.493 e. The molecule has 1 aliphatic rings. The van der Waals surface area contributed by atoms with E-state index in [1.54, 1.807) is 14.2 Å². The summed E-state index contributed by atoms with van der Waals surface area (Å²) in [6.07, 6.45) is 5.79. The lowest BCUT2D eigenvalue weighted by Gasteiger charge is -2.25. The van der Waals surface area contributed by atoms with Gasteiger partial charge in [0.25, 0.3) is 0 Å². The van der Waals surface area contributed by atoms with Crippen LogP contribution in [-0.2, 0) is 10.1 Å². The van der Waals surface area contributed by atoms with Crippen molar-refractivity contribution in [1.29, 1.82) is 0 Å². The Bertz CT molecular complexity index is 958. The first kappa shape index (κ1) is 19.8. The fourth-order valence-corrected chi connectivity index (χ4v) is 2.38. The summed E-state index contributed by atoms with van der Waals surface area (Å²) in [5, 5.41) is 2.20. The van der Waals surface area contributed by atoms with Gasteiger partial charge in [-0.05, 0) is 23.6 Å². The quantitative estimate of drug-likeness (QED) is 0.621. The Labute approximate surface area is 147 Å². The third-order valence-corrected chi connectivity index (χ3v) is 4.09. The zero-order valence-corrected chi connectivity index (χ0v) is 14.7. The molecule has 11 heteroatoms. The summed E-state index contributed by atoms with van der Waals surface area (Å²) in [5.74, 6) is 1.48. The Balaban J connectivity index is 0.000000260. The lowest BCUT2D eigenvalue weighted by Crippen LogP contribution is -2.21. The van der Waals surface area contributed by atoms with Gasteiger partial charge in [0.2, 0.25) is 0 Å². The maximum atomic E-state index is 10.7. The van der Waals surface area contributed by atoms with Crippen molar-refractivity contribution in [2.45, 2.75) is 5.51 Å². The van der Waals surface area contributed by atoms with Crippen molar-refractivity contribution >= 4 is 32.7 Å². The molecule has 0 bridgehead atoms. The second-order valence-corrected chi connectivity index (χ2v) is 6.52. The maximum Gasteiger partial charge on any atom is 0.522 e. The molecule has 0 aliphatic carbocycles. The van der Waals surface area contributed by atoms with Gasteiger partial charge in [-0.25, -0.2) is 0 Å². The van der Waals surface area contributed by atoms with Crippen LogP contribution in [-0.4, -0.2) is 44.7 Å². The van der Waals surface area contributed by atoms with E-state index in [0.29, 0.717) is 0 Å². The summed E-state index contributed by atoms with van der Waals surface area (Å²) in [7, 11) is -0.546. The summed E-state index contributed by atoms with van der Waals surface area (Å²) < 4.78 is 68.4. The minimum absolute atomic E-state index is 0.735. The molecule has 7 nitrogen and oxygen atoms in total. The standard InChI is InChI=1S/C14H14N2O2.CHF3O3S/c1-16-7-5-10-12-9(4-6-15-10)8-11(17-2)14(18-3)13(12)16;2-1(3,4)8(5,6)7/h4-8H,1-3H3;(H,5,6,7). The third-order valence-electron chi connectivity index (χ3n) is 3.50. The fourth-order valence-electron chi connectivity index (χ4n) is 2.38. The van der Waals surface area contributed by atoms with E-state index in [0.717, 1.165) is 33.7 Å². The van der Waals surface area contributed by atoms with Crippen molar-refractivity contribution < 1.29 is 35.6 Å². The van der Waals surface area contributed by atoms with Gasteiger partial charge in [0, 0.05) is 24.8 Å². The molecule has 1 aliphatic heterocycles. The van der Waals surface area contributed by atoms with Gasteiger partial charge in [0.05, 0.1) is 25.6 Å². The zero-order valence-electron chi connectivity index (χ0n) is 13.9. The smallest absolute Gasteiger partial charge is 0.493 e. The van der Waals surface area contributed by atoms with Crippen molar-refractivity contribution in [2.24, 2.45) is 0 Å². The molecule has 0 unspecified atom stereocenters. The van der Waals surface area contributed by atoms with E-state index < -0.39 is 15.6 Å². The van der Waals surface area contributed by atoms with Crippen molar-refractivity contribution in [3.05, 3.63) is 30.2 Å².